The zero-order valence-corrected chi connectivity index (χ0v) is 10.2. The molecule has 1 heterocycles. The smallest absolute Gasteiger partial charge is 0.538 e. The number of hydrogen-bond acceptors (Lipinski definition) is 3. The van der Waals surface area contributed by atoms with Gasteiger partial charge in [0.1, 0.15) is 0 Å². The highest BCUT2D eigenvalue weighted by atomic mass is 16.5. The number of hydrogen-bond donors (Lipinski definition) is 1. The van der Waals surface area contributed by atoms with Crippen LogP contribution < -0.4 is 5.46 Å². The van der Waals surface area contributed by atoms with E-state index in [-0.39, 0.29) is 5.78 Å². The van der Waals surface area contributed by atoms with Gasteiger partial charge in [-0.3, -0.25) is 4.79 Å². The van der Waals surface area contributed by atoms with Crippen molar-refractivity contribution < 1.29 is 14.5 Å². The Morgan fingerprint density at radius 3 is 2.71 bits per heavy atom. The van der Waals surface area contributed by atoms with Crippen molar-refractivity contribution in [3.05, 3.63) is 35.6 Å². The van der Waals surface area contributed by atoms with Crippen LogP contribution >= 0.6 is 0 Å². The minimum atomic E-state index is -1.06. The minimum absolute atomic E-state index is 0.00676. The van der Waals surface area contributed by atoms with Crippen molar-refractivity contribution in [2.45, 2.75) is 20.8 Å². The molecule has 0 atom stereocenters. The Morgan fingerprint density at radius 2 is 2.06 bits per heavy atom. The molecule has 17 heavy (non-hydrogen) atoms. The van der Waals surface area contributed by atoms with E-state index in [1.54, 1.807) is 12.1 Å². The van der Waals surface area contributed by atoms with Gasteiger partial charge in [0.15, 0.2) is 5.78 Å². The third-order valence-electron chi connectivity index (χ3n) is 2.77. The highest BCUT2D eigenvalue weighted by Gasteiger charge is 2.32. The van der Waals surface area contributed by atoms with Crippen LogP contribution in [0.2, 0.25) is 0 Å². The zero-order chi connectivity index (χ0) is 12.6. The number of benzene rings is 1. The molecule has 3 nitrogen and oxygen atoms in total. The fraction of sp³-hybridized carbons (Fsp3) is 0.308. The van der Waals surface area contributed by atoms with Crippen LogP contribution in [0.25, 0.3) is 6.08 Å². The van der Waals surface area contributed by atoms with Crippen LogP contribution in [0.1, 0.15) is 36.7 Å². The Balaban J connectivity index is 2.57. The van der Waals surface area contributed by atoms with Gasteiger partial charge in [0, 0.05) is 16.4 Å². The zero-order valence-electron chi connectivity index (χ0n) is 10.2. The molecule has 0 saturated heterocycles. The van der Waals surface area contributed by atoms with E-state index >= 15 is 0 Å². The maximum atomic E-state index is 12.3. The number of carbonyl (C=O) groups excluding carboxylic acids is 1. The summed E-state index contributed by atoms with van der Waals surface area (Å²) in [5.74, 6) is 0.00676. The maximum Gasteiger partial charge on any atom is 0.561 e. The van der Waals surface area contributed by atoms with Crippen LogP contribution in [0.15, 0.2) is 24.5 Å². The molecular weight excluding hydrogens is 215 g/mol. The largest absolute Gasteiger partial charge is 0.561 e. The summed E-state index contributed by atoms with van der Waals surface area (Å²) in [6, 6.07) is 5.41. The third-order valence-corrected chi connectivity index (χ3v) is 2.77. The van der Waals surface area contributed by atoms with E-state index < -0.39 is 12.5 Å². The van der Waals surface area contributed by atoms with Crippen molar-refractivity contribution in [1.82, 2.24) is 0 Å². The Morgan fingerprint density at radius 1 is 1.35 bits per heavy atom. The second-order valence-electron chi connectivity index (χ2n) is 5.18. The third kappa shape index (κ3) is 2.13. The predicted molar refractivity (Wildman–Crippen MR) is 68.0 cm³/mol. The molecule has 0 fully saturated rings. The fourth-order valence-corrected chi connectivity index (χ4v) is 1.86. The normalized spacial score (nSPS) is 14.2. The second kappa shape index (κ2) is 4.04. The second-order valence-corrected chi connectivity index (χ2v) is 5.18. The molecule has 1 aromatic rings. The molecule has 1 N–H and O–H groups in total. The van der Waals surface area contributed by atoms with Gasteiger partial charge in [0.25, 0.3) is 0 Å². The fourth-order valence-electron chi connectivity index (χ4n) is 1.86. The number of Topliss-reactive ketones (excluding diaryl/α,β-unsaturated/α-hetero) is 1. The maximum absolute atomic E-state index is 12.3. The molecule has 0 unspecified atom stereocenters. The molecular formula is C13H15BO3. The van der Waals surface area contributed by atoms with Gasteiger partial charge in [-0.1, -0.05) is 39.0 Å². The lowest BCUT2D eigenvalue weighted by molar-refractivity contribution is 0.0859. The lowest BCUT2D eigenvalue weighted by Crippen LogP contribution is -2.41. The first-order valence-corrected chi connectivity index (χ1v) is 5.59. The van der Waals surface area contributed by atoms with Crippen LogP contribution in [0.5, 0.6) is 0 Å². The Hall–Kier alpha value is -1.55. The molecule has 0 amide bonds. The SMILES string of the molecule is CC(C)(C)C(=O)c1cccc2c1B(O)OC=C2. The number of carbonyl (C=O) groups is 1. The molecule has 1 aliphatic heterocycles. The van der Waals surface area contributed by atoms with Gasteiger partial charge in [-0.2, -0.15) is 0 Å². The molecule has 0 bridgehead atoms. The van der Waals surface area contributed by atoms with Crippen molar-refractivity contribution in [2.24, 2.45) is 5.41 Å². The molecule has 0 spiro atoms. The first kappa shape index (κ1) is 11.9. The van der Waals surface area contributed by atoms with Crippen molar-refractivity contribution in [2.75, 3.05) is 0 Å². The first-order chi connectivity index (χ1) is 7.91. The van der Waals surface area contributed by atoms with Crippen LogP contribution in [0.4, 0.5) is 0 Å². The molecule has 2 rings (SSSR count). The Kier molecular flexibility index (Phi) is 2.83. The summed E-state index contributed by atoms with van der Waals surface area (Å²) in [4.78, 5) is 12.3. The van der Waals surface area contributed by atoms with Crippen LogP contribution in [-0.2, 0) is 4.65 Å². The van der Waals surface area contributed by atoms with E-state index in [0.717, 1.165) is 5.56 Å². The van der Waals surface area contributed by atoms with Gasteiger partial charge in [0.05, 0.1) is 6.26 Å². The summed E-state index contributed by atoms with van der Waals surface area (Å²) in [6.45, 7) is 5.59. The molecule has 0 aliphatic carbocycles. The molecule has 4 heteroatoms. The van der Waals surface area contributed by atoms with E-state index in [1.807, 2.05) is 32.9 Å². The van der Waals surface area contributed by atoms with Crippen LogP contribution in [-0.4, -0.2) is 17.9 Å². The summed E-state index contributed by atoms with van der Waals surface area (Å²) < 4.78 is 5.03. The predicted octanol–water partition coefficient (Wildman–Crippen LogP) is 1.60. The summed E-state index contributed by atoms with van der Waals surface area (Å²) in [7, 11) is -1.06. The summed E-state index contributed by atoms with van der Waals surface area (Å²) >= 11 is 0. The summed E-state index contributed by atoms with van der Waals surface area (Å²) in [5, 5.41) is 9.83. The average molecular weight is 230 g/mol. The quantitative estimate of drug-likeness (QED) is 0.588. The molecule has 0 radical (unpaired) electrons. The van der Waals surface area contributed by atoms with Gasteiger partial charge < -0.3 is 9.68 Å². The molecule has 1 aliphatic rings. The van der Waals surface area contributed by atoms with Crippen molar-refractivity contribution >= 4 is 24.4 Å². The summed E-state index contributed by atoms with van der Waals surface area (Å²) in [6.07, 6.45) is 3.19. The van der Waals surface area contributed by atoms with Crippen molar-refractivity contribution in [3.8, 4) is 0 Å². The minimum Gasteiger partial charge on any atom is -0.538 e. The van der Waals surface area contributed by atoms with Gasteiger partial charge >= 0.3 is 7.12 Å². The van der Waals surface area contributed by atoms with E-state index in [0.29, 0.717) is 11.0 Å². The lowest BCUT2D eigenvalue weighted by Gasteiger charge is -2.22. The lowest BCUT2D eigenvalue weighted by atomic mass is 9.69. The first-order valence-electron chi connectivity index (χ1n) is 5.59. The highest BCUT2D eigenvalue weighted by Crippen LogP contribution is 2.22. The van der Waals surface area contributed by atoms with Crippen molar-refractivity contribution in [1.29, 1.82) is 0 Å². The van der Waals surface area contributed by atoms with Gasteiger partial charge in [-0.05, 0) is 11.6 Å². The molecule has 0 saturated carbocycles. The summed E-state index contributed by atoms with van der Waals surface area (Å²) in [5.41, 5.74) is 1.45. The molecule has 0 aromatic heterocycles. The number of ketones is 1. The standard InChI is InChI=1S/C13H15BO3/c1-13(2,3)12(15)10-6-4-5-9-7-8-17-14(16)11(9)10/h4-8,16H,1-3H3. The van der Waals surface area contributed by atoms with E-state index in [1.165, 1.54) is 6.26 Å². The van der Waals surface area contributed by atoms with Crippen LogP contribution in [0.3, 0.4) is 0 Å². The topological polar surface area (TPSA) is 46.5 Å². The molecule has 1 aromatic carbocycles. The van der Waals surface area contributed by atoms with Gasteiger partial charge in [-0.25, -0.2) is 0 Å². The van der Waals surface area contributed by atoms with E-state index in [4.69, 9.17) is 4.65 Å². The van der Waals surface area contributed by atoms with Gasteiger partial charge in [0.2, 0.25) is 0 Å². The van der Waals surface area contributed by atoms with E-state index in [2.05, 4.69) is 0 Å². The molecule has 88 valence electrons. The monoisotopic (exact) mass is 230 g/mol. The number of fused-ring (bicyclic) bond motifs is 1. The average Bonchev–Trinajstić information content (AvgIpc) is 2.26. The number of rotatable bonds is 1. The van der Waals surface area contributed by atoms with Gasteiger partial charge in [-0.15, -0.1) is 0 Å². The van der Waals surface area contributed by atoms with E-state index in [9.17, 15) is 9.82 Å². The Labute approximate surface area is 101 Å². The van der Waals surface area contributed by atoms with Crippen LogP contribution in [0, 0.1) is 5.41 Å². The Bertz CT molecular complexity index is 486. The van der Waals surface area contributed by atoms with Crippen molar-refractivity contribution in [3.63, 3.8) is 0 Å². The highest BCUT2D eigenvalue weighted by molar-refractivity contribution is 6.63.